The lowest BCUT2D eigenvalue weighted by Crippen LogP contribution is -2.14. The SMILES string of the molecule is COc1cc(Br)c(CNCc2ccccn2)cc1OC. The number of ether oxygens (including phenoxy) is 2. The highest BCUT2D eigenvalue weighted by Gasteiger charge is 2.09. The Hall–Kier alpha value is -1.59. The molecule has 2 rings (SSSR count). The number of nitrogens with one attached hydrogen (secondary N) is 1. The number of benzene rings is 1. The Balaban J connectivity index is 2.02. The first-order chi connectivity index (χ1) is 9.74. The van der Waals surface area contributed by atoms with E-state index in [9.17, 15) is 0 Å². The van der Waals surface area contributed by atoms with E-state index in [1.807, 2.05) is 30.3 Å². The maximum Gasteiger partial charge on any atom is 0.161 e. The van der Waals surface area contributed by atoms with Crippen LogP contribution < -0.4 is 14.8 Å². The van der Waals surface area contributed by atoms with Gasteiger partial charge in [-0.1, -0.05) is 22.0 Å². The minimum absolute atomic E-state index is 0.716. The van der Waals surface area contributed by atoms with E-state index < -0.39 is 0 Å². The highest BCUT2D eigenvalue weighted by molar-refractivity contribution is 9.10. The van der Waals surface area contributed by atoms with Crippen LogP contribution in [-0.2, 0) is 13.1 Å². The van der Waals surface area contributed by atoms with Crippen molar-refractivity contribution in [2.75, 3.05) is 14.2 Å². The largest absolute Gasteiger partial charge is 0.493 e. The zero-order valence-corrected chi connectivity index (χ0v) is 13.1. The van der Waals surface area contributed by atoms with Gasteiger partial charge in [-0.15, -0.1) is 0 Å². The minimum Gasteiger partial charge on any atom is -0.493 e. The van der Waals surface area contributed by atoms with Gasteiger partial charge in [-0.3, -0.25) is 4.98 Å². The quantitative estimate of drug-likeness (QED) is 0.879. The maximum atomic E-state index is 5.31. The molecule has 0 aliphatic carbocycles. The molecule has 0 aliphatic rings. The Morgan fingerprint density at radius 2 is 1.85 bits per heavy atom. The first kappa shape index (κ1) is 14.8. The molecule has 5 heteroatoms. The molecule has 1 aromatic heterocycles. The lowest BCUT2D eigenvalue weighted by Gasteiger charge is -2.12. The van der Waals surface area contributed by atoms with Crippen molar-refractivity contribution in [1.82, 2.24) is 10.3 Å². The van der Waals surface area contributed by atoms with E-state index in [2.05, 4.69) is 26.2 Å². The zero-order valence-electron chi connectivity index (χ0n) is 11.5. The molecular weight excluding hydrogens is 320 g/mol. The fourth-order valence-electron chi connectivity index (χ4n) is 1.86. The van der Waals surface area contributed by atoms with Crippen LogP contribution in [0, 0.1) is 0 Å². The molecule has 0 saturated carbocycles. The molecule has 1 aromatic carbocycles. The van der Waals surface area contributed by atoms with Gasteiger partial charge in [0.1, 0.15) is 0 Å². The third-order valence-corrected chi connectivity index (χ3v) is 3.64. The van der Waals surface area contributed by atoms with Crippen molar-refractivity contribution in [3.8, 4) is 11.5 Å². The molecule has 0 unspecified atom stereocenters. The predicted molar refractivity (Wildman–Crippen MR) is 82.0 cm³/mol. The van der Waals surface area contributed by atoms with Crippen molar-refractivity contribution in [3.05, 3.63) is 52.3 Å². The number of aromatic nitrogens is 1. The molecule has 20 heavy (non-hydrogen) atoms. The summed E-state index contributed by atoms with van der Waals surface area (Å²) in [6, 6.07) is 9.77. The summed E-state index contributed by atoms with van der Waals surface area (Å²) >= 11 is 3.55. The number of pyridine rings is 1. The molecule has 0 amide bonds. The topological polar surface area (TPSA) is 43.4 Å². The summed E-state index contributed by atoms with van der Waals surface area (Å²) in [7, 11) is 3.26. The van der Waals surface area contributed by atoms with E-state index >= 15 is 0 Å². The van der Waals surface area contributed by atoms with Crippen LogP contribution in [0.1, 0.15) is 11.3 Å². The zero-order chi connectivity index (χ0) is 14.4. The molecular formula is C15H17BrN2O2. The molecule has 1 N–H and O–H groups in total. The molecule has 0 saturated heterocycles. The summed E-state index contributed by atoms with van der Waals surface area (Å²) in [6.45, 7) is 1.44. The van der Waals surface area contributed by atoms with E-state index in [1.54, 1.807) is 20.4 Å². The number of rotatable bonds is 6. The van der Waals surface area contributed by atoms with Crippen molar-refractivity contribution < 1.29 is 9.47 Å². The predicted octanol–water partition coefficient (Wildman–Crippen LogP) is 3.15. The second-order valence-electron chi connectivity index (χ2n) is 4.22. The van der Waals surface area contributed by atoms with Crippen LogP contribution >= 0.6 is 15.9 Å². The molecule has 0 bridgehead atoms. The summed E-state index contributed by atoms with van der Waals surface area (Å²) in [6.07, 6.45) is 1.79. The van der Waals surface area contributed by atoms with Gasteiger partial charge in [-0.25, -0.2) is 0 Å². The summed E-state index contributed by atoms with van der Waals surface area (Å²) < 4.78 is 11.6. The molecule has 4 nitrogen and oxygen atoms in total. The van der Waals surface area contributed by atoms with E-state index in [0.29, 0.717) is 5.75 Å². The maximum absolute atomic E-state index is 5.31. The Labute approximate surface area is 127 Å². The van der Waals surface area contributed by atoms with Gasteiger partial charge in [0.15, 0.2) is 11.5 Å². The van der Waals surface area contributed by atoms with Crippen molar-refractivity contribution in [2.45, 2.75) is 13.1 Å². The molecule has 0 atom stereocenters. The first-order valence-electron chi connectivity index (χ1n) is 6.25. The lowest BCUT2D eigenvalue weighted by atomic mass is 10.2. The molecule has 0 aliphatic heterocycles. The van der Waals surface area contributed by atoms with Gasteiger partial charge in [0.2, 0.25) is 0 Å². The van der Waals surface area contributed by atoms with Crippen molar-refractivity contribution in [1.29, 1.82) is 0 Å². The van der Waals surface area contributed by atoms with Crippen molar-refractivity contribution in [3.63, 3.8) is 0 Å². The minimum atomic E-state index is 0.716. The molecule has 1 heterocycles. The molecule has 0 spiro atoms. The van der Waals surface area contributed by atoms with Crippen molar-refractivity contribution in [2.24, 2.45) is 0 Å². The standard InChI is InChI=1S/C15H17BrN2O2/c1-19-14-7-11(13(16)8-15(14)20-2)9-17-10-12-5-3-4-6-18-12/h3-8,17H,9-10H2,1-2H3. The average Bonchev–Trinajstić information content (AvgIpc) is 2.49. The third-order valence-electron chi connectivity index (χ3n) is 2.90. The van der Waals surface area contributed by atoms with E-state index in [1.165, 1.54) is 0 Å². The Morgan fingerprint density at radius 3 is 2.50 bits per heavy atom. The Morgan fingerprint density at radius 1 is 1.10 bits per heavy atom. The van der Waals surface area contributed by atoms with Gasteiger partial charge in [0, 0.05) is 23.8 Å². The third kappa shape index (κ3) is 3.71. The van der Waals surface area contributed by atoms with Gasteiger partial charge < -0.3 is 14.8 Å². The van der Waals surface area contributed by atoms with E-state index in [-0.39, 0.29) is 0 Å². The second-order valence-corrected chi connectivity index (χ2v) is 5.08. The normalized spacial score (nSPS) is 10.3. The summed E-state index contributed by atoms with van der Waals surface area (Å²) in [4.78, 5) is 4.27. The van der Waals surface area contributed by atoms with Crippen LogP contribution in [0.25, 0.3) is 0 Å². The van der Waals surface area contributed by atoms with Crippen LogP contribution in [0.2, 0.25) is 0 Å². The van der Waals surface area contributed by atoms with Crippen molar-refractivity contribution >= 4 is 15.9 Å². The monoisotopic (exact) mass is 336 g/mol. The van der Waals surface area contributed by atoms with Gasteiger partial charge in [-0.05, 0) is 29.8 Å². The fourth-order valence-corrected chi connectivity index (χ4v) is 2.32. The number of hydrogen-bond donors (Lipinski definition) is 1. The van der Waals surface area contributed by atoms with Crippen LogP contribution in [0.3, 0.4) is 0 Å². The number of methoxy groups -OCH3 is 2. The fraction of sp³-hybridized carbons (Fsp3) is 0.267. The highest BCUT2D eigenvalue weighted by atomic mass is 79.9. The summed E-state index contributed by atoms with van der Waals surface area (Å²) in [5.41, 5.74) is 2.13. The molecule has 0 radical (unpaired) electrons. The second kappa shape index (κ2) is 7.26. The average molecular weight is 337 g/mol. The van der Waals surface area contributed by atoms with E-state index in [4.69, 9.17) is 9.47 Å². The summed E-state index contributed by atoms with van der Waals surface area (Å²) in [5, 5.41) is 3.36. The van der Waals surface area contributed by atoms with E-state index in [0.717, 1.165) is 34.6 Å². The number of halogens is 1. The van der Waals surface area contributed by atoms with Gasteiger partial charge >= 0.3 is 0 Å². The van der Waals surface area contributed by atoms with Gasteiger partial charge in [0.05, 0.1) is 19.9 Å². The van der Waals surface area contributed by atoms with Crippen LogP contribution in [0.4, 0.5) is 0 Å². The molecule has 106 valence electrons. The Kier molecular flexibility index (Phi) is 5.38. The smallest absolute Gasteiger partial charge is 0.161 e. The lowest BCUT2D eigenvalue weighted by molar-refractivity contribution is 0.354. The van der Waals surface area contributed by atoms with Gasteiger partial charge in [-0.2, -0.15) is 0 Å². The van der Waals surface area contributed by atoms with Crippen LogP contribution in [0.5, 0.6) is 11.5 Å². The summed E-state index contributed by atoms with van der Waals surface area (Å²) in [5.74, 6) is 1.44. The number of nitrogens with zero attached hydrogens (tertiary/aromatic N) is 1. The first-order valence-corrected chi connectivity index (χ1v) is 7.05. The highest BCUT2D eigenvalue weighted by Crippen LogP contribution is 2.33. The Bertz CT molecular complexity index is 561. The van der Waals surface area contributed by atoms with Crippen LogP contribution in [-0.4, -0.2) is 19.2 Å². The van der Waals surface area contributed by atoms with Crippen LogP contribution in [0.15, 0.2) is 41.0 Å². The number of hydrogen-bond acceptors (Lipinski definition) is 4. The van der Waals surface area contributed by atoms with Gasteiger partial charge in [0.25, 0.3) is 0 Å². The molecule has 0 fully saturated rings. The molecule has 2 aromatic rings.